The molecule has 0 amide bonds. The molecule has 0 unspecified atom stereocenters. The smallest absolute Gasteiger partial charge is 0.259 e. The van der Waals surface area contributed by atoms with Crippen molar-refractivity contribution in [1.29, 1.82) is 0 Å². The van der Waals surface area contributed by atoms with Crippen molar-refractivity contribution in [3.05, 3.63) is 75.3 Å². The third-order valence-electron chi connectivity index (χ3n) is 3.24. The number of fused-ring (bicyclic) bond motifs is 1. The van der Waals surface area contributed by atoms with E-state index in [0.29, 0.717) is 21.7 Å². The van der Waals surface area contributed by atoms with Gasteiger partial charge in [0.2, 0.25) is 0 Å². The normalized spacial score (nSPS) is 11.8. The molecule has 0 aliphatic heterocycles. The van der Waals surface area contributed by atoms with Gasteiger partial charge in [-0.25, -0.2) is 4.98 Å². The number of hydrogen-bond donors (Lipinski definition) is 1. The topological polar surface area (TPSA) is 45.8 Å². The molecule has 0 radical (unpaired) electrons. The lowest BCUT2D eigenvalue weighted by atomic mass is 10.1. The summed E-state index contributed by atoms with van der Waals surface area (Å²) >= 11 is 5.87. The van der Waals surface area contributed by atoms with Gasteiger partial charge >= 0.3 is 0 Å². The van der Waals surface area contributed by atoms with Crippen LogP contribution < -0.4 is 5.56 Å². The second-order valence-corrected chi connectivity index (χ2v) is 5.25. The first-order valence-electron chi connectivity index (χ1n) is 6.57. The Bertz CT molecular complexity index is 879. The highest BCUT2D eigenvalue weighted by Gasteiger charge is 2.04. The van der Waals surface area contributed by atoms with E-state index in [0.717, 1.165) is 11.1 Å². The van der Waals surface area contributed by atoms with Crippen LogP contribution in [0.25, 0.3) is 22.6 Å². The van der Waals surface area contributed by atoms with Gasteiger partial charge in [-0.1, -0.05) is 35.9 Å². The van der Waals surface area contributed by atoms with E-state index in [1.54, 1.807) is 6.07 Å². The molecule has 0 saturated carbocycles. The zero-order valence-corrected chi connectivity index (χ0v) is 12.2. The molecular formula is C17H13ClN2O. The number of H-pyrrole nitrogens is 1. The Labute approximate surface area is 126 Å². The minimum absolute atomic E-state index is 0.126. The van der Waals surface area contributed by atoms with Gasteiger partial charge in [0.1, 0.15) is 5.82 Å². The van der Waals surface area contributed by atoms with Crippen LogP contribution >= 0.6 is 11.6 Å². The molecule has 21 heavy (non-hydrogen) atoms. The molecular weight excluding hydrogens is 284 g/mol. The Morgan fingerprint density at radius 3 is 2.62 bits per heavy atom. The molecule has 3 nitrogen and oxygen atoms in total. The maximum atomic E-state index is 12.1. The minimum atomic E-state index is -0.126. The monoisotopic (exact) mass is 296 g/mol. The first kappa shape index (κ1) is 13.6. The standard InChI is InChI=1S/C17H13ClN2O/c1-11(10-12-6-8-13(18)9-7-12)16-19-15-5-3-2-4-14(15)17(21)20-16/h2-10H,1H3,(H,19,20,21)/b11-10-. The number of nitrogens with zero attached hydrogens (tertiary/aromatic N) is 1. The van der Waals surface area contributed by atoms with Crippen LogP contribution in [0.3, 0.4) is 0 Å². The van der Waals surface area contributed by atoms with E-state index >= 15 is 0 Å². The number of aromatic nitrogens is 2. The number of benzene rings is 2. The third kappa shape index (κ3) is 2.88. The van der Waals surface area contributed by atoms with Gasteiger partial charge in [-0.05, 0) is 48.4 Å². The van der Waals surface area contributed by atoms with Crippen LogP contribution in [0, 0.1) is 0 Å². The lowest BCUT2D eigenvalue weighted by Crippen LogP contribution is -2.10. The van der Waals surface area contributed by atoms with Crippen molar-refractivity contribution >= 4 is 34.2 Å². The highest BCUT2D eigenvalue weighted by Crippen LogP contribution is 2.17. The summed E-state index contributed by atoms with van der Waals surface area (Å²) in [4.78, 5) is 19.4. The molecule has 0 bridgehead atoms. The number of nitrogens with one attached hydrogen (secondary N) is 1. The van der Waals surface area contributed by atoms with Gasteiger partial charge in [-0.15, -0.1) is 0 Å². The molecule has 104 valence electrons. The van der Waals surface area contributed by atoms with Crippen molar-refractivity contribution in [3.63, 3.8) is 0 Å². The molecule has 0 fully saturated rings. The van der Waals surface area contributed by atoms with Crippen LogP contribution in [0.4, 0.5) is 0 Å². The highest BCUT2D eigenvalue weighted by molar-refractivity contribution is 6.30. The Balaban J connectivity index is 2.07. The van der Waals surface area contributed by atoms with Crippen LogP contribution in [0.1, 0.15) is 18.3 Å². The Morgan fingerprint density at radius 1 is 1.14 bits per heavy atom. The van der Waals surface area contributed by atoms with Crippen LogP contribution in [0.5, 0.6) is 0 Å². The van der Waals surface area contributed by atoms with Gasteiger partial charge in [0.25, 0.3) is 5.56 Å². The molecule has 0 saturated heterocycles. The van der Waals surface area contributed by atoms with Crippen LogP contribution in [-0.2, 0) is 0 Å². The Hall–Kier alpha value is -2.39. The Morgan fingerprint density at radius 2 is 1.86 bits per heavy atom. The highest BCUT2D eigenvalue weighted by atomic mass is 35.5. The molecule has 0 atom stereocenters. The summed E-state index contributed by atoms with van der Waals surface area (Å²) in [6, 6.07) is 14.8. The second kappa shape index (κ2) is 5.54. The van der Waals surface area contributed by atoms with Crippen LogP contribution in [0.2, 0.25) is 5.02 Å². The average Bonchev–Trinajstić information content (AvgIpc) is 2.49. The molecule has 2 aromatic carbocycles. The second-order valence-electron chi connectivity index (χ2n) is 4.81. The van der Waals surface area contributed by atoms with Crippen LogP contribution in [0.15, 0.2) is 53.3 Å². The average molecular weight is 297 g/mol. The number of halogens is 1. The maximum absolute atomic E-state index is 12.1. The predicted molar refractivity (Wildman–Crippen MR) is 87.4 cm³/mol. The zero-order chi connectivity index (χ0) is 14.8. The summed E-state index contributed by atoms with van der Waals surface area (Å²) in [6.45, 7) is 1.92. The molecule has 0 spiro atoms. The number of allylic oxidation sites excluding steroid dienone is 1. The van der Waals surface area contributed by atoms with E-state index in [2.05, 4.69) is 9.97 Å². The van der Waals surface area contributed by atoms with Gasteiger partial charge in [0.15, 0.2) is 0 Å². The summed E-state index contributed by atoms with van der Waals surface area (Å²) in [5, 5.41) is 1.29. The summed E-state index contributed by atoms with van der Waals surface area (Å²) in [5.41, 5.74) is 2.47. The Kier molecular flexibility index (Phi) is 3.59. The van der Waals surface area contributed by atoms with Crippen molar-refractivity contribution in [2.75, 3.05) is 0 Å². The fourth-order valence-corrected chi connectivity index (χ4v) is 2.28. The number of rotatable bonds is 2. The SMILES string of the molecule is C/C(=C/c1ccc(Cl)cc1)c1nc2ccccc2c(=O)[nH]1. The van der Waals surface area contributed by atoms with Gasteiger partial charge < -0.3 is 4.98 Å². The first-order chi connectivity index (χ1) is 10.1. The number of para-hydroxylation sites is 1. The summed E-state index contributed by atoms with van der Waals surface area (Å²) < 4.78 is 0. The molecule has 4 heteroatoms. The van der Waals surface area contributed by atoms with E-state index in [4.69, 9.17) is 11.6 Å². The summed E-state index contributed by atoms with van der Waals surface area (Å²) in [7, 11) is 0. The van der Waals surface area contributed by atoms with E-state index in [9.17, 15) is 4.79 Å². The van der Waals surface area contributed by atoms with Crippen LogP contribution in [-0.4, -0.2) is 9.97 Å². The van der Waals surface area contributed by atoms with Crippen molar-refractivity contribution in [2.45, 2.75) is 6.92 Å². The number of aromatic amines is 1. The van der Waals surface area contributed by atoms with Gasteiger partial charge in [0.05, 0.1) is 10.9 Å². The lowest BCUT2D eigenvalue weighted by Gasteiger charge is -2.03. The van der Waals surface area contributed by atoms with Crippen molar-refractivity contribution < 1.29 is 0 Å². The summed E-state index contributed by atoms with van der Waals surface area (Å²) in [5.74, 6) is 0.577. The molecule has 1 heterocycles. The largest absolute Gasteiger partial charge is 0.306 e. The van der Waals surface area contributed by atoms with E-state index < -0.39 is 0 Å². The molecule has 0 aliphatic carbocycles. The lowest BCUT2D eigenvalue weighted by molar-refractivity contribution is 1.12. The van der Waals surface area contributed by atoms with Crippen molar-refractivity contribution in [1.82, 2.24) is 9.97 Å². The van der Waals surface area contributed by atoms with E-state index in [-0.39, 0.29) is 5.56 Å². The quantitative estimate of drug-likeness (QED) is 0.772. The molecule has 3 aromatic rings. The molecule has 1 N–H and O–H groups in total. The van der Waals surface area contributed by atoms with Gasteiger partial charge in [0, 0.05) is 5.02 Å². The summed E-state index contributed by atoms with van der Waals surface area (Å²) in [6.07, 6.45) is 1.96. The third-order valence-corrected chi connectivity index (χ3v) is 3.49. The van der Waals surface area contributed by atoms with E-state index in [1.807, 2.05) is 55.5 Å². The zero-order valence-electron chi connectivity index (χ0n) is 11.4. The van der Waals surface area contributed by atoms with Gasteiger partial charge in [-0.2, -0.15) is 0 Å². The fourth-order valence-electron chi connectivity index (χ4n) is 2.15. The minimum Gasteiger partial charge on any atom is -0.306 e. The van der Waals surface area contributed by atoms with Crippen molar-refractivity contribution in [3.8, 4) is 0 Å². The predicted octanol–water partition coefficient (Wildman–Crippen LogP) is 4.14. The molecule has 0 aliphatic rings. The molecule has 1 aromatic heterocycles. The van der Waals surface area contributed by atoms with Gasteiger partial charge in [-0.3, -0.25) is 4.79 Å². The van der Waals surface area contributed by atoms with E-state index in [1.165, 1.54) is 0 Å². The fraction of sp³-hybridized carbons (Fsp3) is 0.0588. The van der Waals surface area contributed by atoms with Crippen molar-refractivity contribution in [2.24, 2.45) is 0 Å². The number of hydrogen-bond acceptors (Lipinski definition) is 2. The first-order valence-corrected chi connectivity index (χ1v) is 6.94. The molecule has 3 rings (SSSR count). The maximum Gasteiger partial charge on any atom is 0.259 e.